The number of thiophene rings is 1. The molecule has 4 heteroatoms. The Labute approximate surface area is 123 Å². The van der Waals surface area contributed by atoms with E-state index in [9.17, 15) is 9.90 Å². The summed E-state index contributed by atoms with van der Waals surface area (Å²) in [6, 6.07) is 11.8. The van der Waals surface area contributed by atoms with Crippen LogP contribution >= 0.6 is 11.3 Å². The fourth-order valence-electron chi connectivity index (χ4n) is 2.19. The summed E-state index contributed by atoms with van der Waals surface area (Å²) in [7, 11) is 0. The Morgan fingerprint density at radius 2 is 1.95 bits per heavy atom. The van der Waals surface area contributed by atoms with Gasteiger partial charge in [-0.2, -0.15) is 0 Å². The Bertz CT molecular complexity index is 563. The SMILES string of the molecule is CC(O)CC(C)NC(=O)c1sccc1-c1ccccc1. The summed E-state index contributed by atoms with van der Waals surface area (Å²) in [4.78, 5) is 13.0. The third kappa shape index (κ3) is 3.68. The van der Waals surface area contributed by atoms with E-state index in [1.807, 2.05) is 48.7 Å². The number of amides is 1. The molecule has 20 heavy (non-hydrogen) atoms. The first kappa shape index (κ1) is 14.8. The average Bonchev–Trinajstić information content (AvgIpc) is 2.87. The quantitative estimate of drug-likeness (QED) is 0.887. The molecule has 2 atom stereocenters. The molecule has 2 N–H and O–H groups in total. The van der Waals surface area contributed by atoms with Crippen molar-refractivity contribution in [2.24, 2.45) is 0 Å². The second-order valence-corrected chi connectivity index (χ2v) is 5.90. The van der Waals surface area contributed by atoms with Gasteiger partial charge in [-0.05, 0) is 37.3 Å². The molecule has 0 aliphatic heterocycles. The lowest BCUT2D eigenvalue weighted by Gasteiger charge is -2.15. The molecule has 0 aliphatic rings. The van der Waals surface area contributed by atoms with E-state index in [2.05, 4.69) is 5.32 Å². The fourth-order valence-corrected chi connectivity index (χ4v) is 3.01. The number of hydrogen-bond donors (Lipinski definition) is 2. The van der Waals surface area contributed by atoms with Crippen molar-refractivity contribution in [1.29, 1.82) is 0 Å². The average molecular weight is 289 g/mol. The van der Waals surface area contributed by atoms with E-state index < -0.39 is 6.10 Å². The lowest BCUT2D eigenvalue weighted by atomic mass is 10.1. The molecule has 0 spiro atoms. The molecule has 0 aliphatic carbocycles. The zero-order chi connectivity index (χ0) is 14.5. The molecule has 2 rings (SSSR count). The molecule has 0 saturated carbocycles. The Morgan fingerprint density at radius 3 is 2.60 bits per heavy atom. The van der Waals surface area contributed by atoms with Crippen LogP contribution in [0.2, 0.25) is 0 Å². The van der Waals surface area contributed by atoms with Gasteiger partial charge in [0.25, 0.3) is 5.91 Å². The minimum atomic E-state index is -0.415. The smallest absolute Gasteiger partial charge is 0.262 e. The number of benzene rings is 1. The number of aliphatic hydroxyl groups excluding tert-OH is 1. The highest BCUT2D eigenvalue weighted by molar-refractivity contribution is 7.12. The van der Waals surface area contributed by atoms with Crippen LogP contribution in [-0.2, 0) is 0 Å². The maximum Gasteiger partial charge on any atom is 0.262 e. The molecule has 2 aromatic rings. The van der Waals surface area contributed by atoms with Gasteiger partial charge in [0.05, 0.1) is 11.0 Å². The molecule has 1 aromatic heterocycles. The van der Waals surface area contributed by atoms with Crippen LogP contribution in [0.1, 0.15) is 29.9 Å². The van der Waals surface area contributed by atoms with E-state index >= 15 is 0 Å². The zero-order valence-electron chi connectivity index (χ0n) is 11.7. The van der Waals surface area contributed by atoms with Crippen LogP contribution in [0.25, 0.3) is 11.1 Å². The molecule has 2 unspecified atom stereocenters. The van der Waals surface area contributed by atoms with E-state index in [0.29, 0.717) is 11.3 Å². The van der Waals surface area contributed by atoms with E-state index in [0.717, 1.165) is 11.1 Å². The zero-order valence-corrected chi connectivity index (χ0v) is 12.5. The van der Waals surface area contributed by atoms with Gasteiger partial charge in [0, 0.05) is 11.6 Å². The van der Waals surface area contributed by atoms with Crippen LogP contribution in [0, 0.1) is 0 Å². The number of carbonyl (C=O) groups excluding carboxylic acids is 1. The molecule has 1 amide bonds. The lowest BCUT2D eigenvalue weighted by molar-refractivity contribution is 0.0927. The van der Waals surface area contributed by atoms with Crippen molar-refractivity contribution in [2.75, 3.05) is 0 Å². The van der Waals surface area contributed by atoms with Crippen molar-refractivity contribution in [1.82, 2.24) is 5.32 Å². The van der Waals surface area contributed by atoms with Gasteiger partial charge in [-0.25, -0.2) is 0 Å². The maximum absolute atomic E-state index is 12.3. The summed E-state index contributed by atoms with van der Waals surface area (Å²) in [5, 5.41) is 14.2. The molecule has 0 fully saturated rings. The van der Waals surface area contributed by atoms with Crippen molar-refractivity contribution in [3.63, 3.8) is 0 Å². The Morgan fingerprint density at radius 1 is 1.25 bits per heavy atom. The predicted molar refractivity (Wildman–Crippen MR) is 83.0 cm³/mol. The largest absolute Gasteiger partial charge is 0.393 e. The molecular formula is C16H19NO2S. The van der Waals surface area contributed by atoms with Gasteiger partial charge in [0.1, 0.15) is 0 Å². The van der Waals surface area contributed by atoms with Gasteiger partial charge in [0.2, 0.25) is 0 Å². The standard InChI is InChI=1S/C16H19NO2S/c1-11(10-12(2)18)17-16(19)15-14(8-9-20-15)13-6-4-3-5-7-13/h3-9,11-12,18H,10H2,1-2H3,(H,17,19). The summed E-state index contributed by atoms with van der Waals surface area (Å²) in [5.41, 5.74) is 2.00. The van der Waals surface area contributed by atoms with Crippen LogP contribution in [0.15, 0.2) is 41.8 Å². The normalized spacial score (nSPS) is 13.8. The van der Waals surface area contributed by atoms with Crippen LogP contribution < -0.4 is 5.32 Å². The first-order valence-corrected chi connectivity index (χ1v) is 7.57. The Balaban J connectivity index is 2.14. The van der Waals surface area contributed by atoms with Crippen molar-refractivity contribution in [3.05, 3.63) is 46.7 Å². The monoisotopic (exact) mass is 289 g/mol. The van der Waals surface area contributed by atoms with Crippen LogP contribution in [0.4, 0.5) is 0 Å². The minimum Gasteiger partial charge on any atom is -0.393 e. The molecule has 106 valence electrons. The van der Waals surface area contributed by atoms with Crippen LogP contribution in [0.3, 0.4) is 0 Å². The summed E-state index contributed by atoms with van der Waals surface area (Å²) in [6.07, 6.45) is 0.139. The van der Waals surface area contributed by atoms with Gasteiger partial charge in [-0.15, -0.1) is 11.3 Å². The highest BCUT2D eigenvalue weighted by Crippen LogP contribution is 2.28. The van der Waals surface area contributed by atoms with E-state index in [4.69, 9.17) is 0 Å². The summed E-state index contributed by atoms with van der Waals surface area (Å²) in [6.45, 7) is 3.63. The van der Waals surface area contributed by atoms with Gasteiger partial charge in [-0.1, -0.05) is 30.3 Å². The van der Waals surface area contributed by atoms with Gasteiger partial charge < -0.3 is 10.4 Å². The summed E-state index contributed by atoms with van der Waals surface area (Å²) >= 11 is 1.44. The van der Waals surface area contributed by atoms with Gasteiger partial charge in [0.15, 0.2) is 0 Å². The Hall–Kier alpha value is -1.65. The van der Waals surface area contributed by atoms with Crippen molar-refractivity contribution in [3.8, 4) is 11.1 Å². The molecule has 0 bridgehead atoms. The molecule has 1 aromatic carbocycles. The van der Waals surface area contributed by atoms with Crippen molar-refractivity contribution < 1.29 is 9.90 Å². The lowest BCUT2D eigenvalue weighted by Crippen LogP contribution is -2.34. The number of nitrogens with one attached hydrogen (secondary N) is 1. The second kappa shape index (κ2) is 6.68. The van der Waals surface area contributed by atoms with Gasteiger partial charge in [-0.3, -0.25) is 4.79 Å². The number of carbonyl (C=O) groups is 1. The van der Waals surface area contributed by atoms with Crippen molar-refractivity contribution >= 4 is 17.2 Å². The number of rotatable bonds is 5. The van der Waals surface area contributed by atoms with E-state index in [1.165, 1.54) is 11.3 Å². The third-order valence-electron chi connectivity index (χ3n) is 3.03. The number of aliphatic hydroxyl groups is 1. The van der Waals surface area contributed by atoms with E-state index in [-0.39, 0.29) is 11.9 Å². The molecule has 0 saturated heterocycles. The van der Waals surface area contributed by atoms with Gasteiger partial charge >= 0.3 is 0 Å². The molecular weight excluding hydrogens is 270 g/mol. The summed E-state index contributed by atoms with van der Waals surface area (Å²) < 4.78 is 0. The third-order valence-corrected chi connectivity index (χ3v) is 3.94. The number of hydrogen-bond acceptors (Lipinski definition) is 3. The first-order valence-electron chi connectivity index (χ1n) is 6.69. The highest BCUT2D eigenvalue weighted by atomic mass is 32.1. The van der Waals surface area contributed by atoms with Crippen LogP contribution in [-0.4, -0.2) is 23.2 Å². The fraction of sp³-hybridized carbons (Fsp3) is 0.312. The van der Waals surface area contributed by atoms with Crippen molar-refractivity contribution in [2.45, 2.75) is 32.4 Å². The maximum atomic E-state index is 12.3. The topological polar surface area (TPSA) is 49.3 Å². The second-order valence-electron chi connectivity index (χ2n) is 4.99. The minimum absolute atomic E-state index is 0.0479. The predicted octanol–water partition coefficient (Wildman–Crippen LogP) is 3.30. The van der Waals surface area contributed by atoms with Crippen LogP contribution in [0.5, 0.6) is 0 Å². The molecule has 0 radical (unpaired) electrons. The first-order chi connectivity index (χ1) is 9.58. The molecule has 1 heterocycles. The highest BCUT2D eigenvalue weighted by Gasteiger charge is 2.17. The Kier molecular flexibility index (Phi) is 4.93. The molecule has 3 nitrogen and oxygen atoms in total. The van der Waals surface area contributed by atoms with E-state index in [1.54, 1.807) is 6.92 Å². The summed E-state index contributed by atoms with van der Waals surface area (Å²) in [5.74, 6) is -0.0768.